The Morgan fingerprint density at radius 2 is 1.04 bits per heavy atom. The van der Waals surface area contributed by atoms with E-state index < -0.39 is 0 Å². The van der Waals surface area contributed by atoms with Crippen molar-refractivity contribution < 1.29 is 4.57 Å². The quantitative estimate of drug-likeness (QED) is 0.127. The van der Waals surface area contributed by atoms with E-state index in [2.05, 4.69) is 241 Å². The van der Waals surface area contributed by atoms with Crippen molar-refractivity contribution in [3.8, 4) is 22.4 Å². The van der Waals surface area contributed by atoms with E-state index in [4.69, 9.17) is 0 Å². The van der Waals surface area contributed by atoms with Gasteiger partial charge in [0.05, 0.1) is 17.1 Å². The molecule has 6 aromatic carbocycles. The standard InChI is InChI=1S/C62H67BN3S/c1-36-19-17-18-20-43(36)50-27-37(25-26-64(50)16)38-28-51-55-52(29-38)66-49-24-22-40(59(5,6)7)34-53(49)67-54-35-42(61(11,12)13)33-47(57(54)66)63(55)46-32-41(60(8,9)10)31-45-56(46)65(51)48-23-21-39(58(2,3)4)30-44(48)62(45,14)15/h17-35H,1-16H3/q+1. The monoisotopic (exact) mass is 897 g/mol. The van der Waals surface area contributed by atoms with E-state index >= 15 is 0 Å². The molecular weight excluding hydrogens is 830 g/mol. The maximum atomic E-state index is 2.70. The first kappa shape index (κ1) is 44.0. The van der Waals surface area contributed by atoms with Crippen LogP contribution in [0.3, 0.4) is 0 Å². The van der Waals surface area contributed by atoms with Crippen LogP contribution < -0.4 is 30.8 Å². The van der Waals surface area contributed by atoms with Gasteiger partial charge in [-0.3, -0.25) is 0 Å². The van der Waals surface area contributed by atoms with Crippen LogP contribution in [0.5, 0.6) is 0 Å². The molecule has 3 nitrogen and oxygen atoms in total. The number of aryl methyl sites for hydroxylation is 2. The molecule has 0 spiro atoms. The third-order valence-corrected chi connectivity index (χ3v) is 16.7. The summed E-state index contributed by atoms with van der Waals surface area (Å²) in [6.45, 7) is 35.6. The Kier molecular flexibility index (Phi) is 9.37. The predicted molar refractivity (Wildman–Crippen MR) is 288 cm³/mol. The lowest BCUT2D eigenvalue weighted by molar-refractivity contribution is -0.660. The zero-order valence-electron chi connectivity index (χ0n) is 42.8. The van der Waals surface area contributed by atoms with Crippen LogP contribution in [-0.4, -0.2) is 6.71 Å². The lowest BCUT2D eigenvalue weighted by Crippen LogP contribution is -2.63. The van der Waals surface area contributed by atoms with Crippen molar-refractivity contribution in [3.63, 3.8) is 0 Å². The van der Waals surface area contributed by atoms with Crippen molar-refractivity contribution in [1.29, 1.82) is 0 Å². The van der Waals surface area contributed by atoms with Crippen molar-refractivity contribution in [2.45, 2.75) is 141 Å². The van der Waals surface area contributed by atoms with Crippen LogP contribution in [0, 0.1) is 6.92 Å². The van der Waals surface area contributed by atoms with Gasteiger partial charge >= 0.3 is 0 Å². The van der Waals surface area contributed by atoms with Gasteiger partial charge in [0, 0.05) is 50.0 Å². The second-order valence-electron chi connectivity index (χ2n) is 24.8. The zero-order chi connectivity index (χ0) is 47.7. The van der Waals surface area contributed by atoms with E-state index in [1.165, 1.54) is 122 Å². The average molecular weight is 897 g/mol. The first-order chi connectivity index (χ1) is 31.3. The van der Waals surface area contributed by atoms with Crippen LogP contribution in [0.25, 0.3) is 22.4 Å². The molecule has 67 heavy (non-hydrogen) atoms. The molecule has 0 amide bonds. The summed E-state index contributed by atoms with van der Waals surface area (Å²) in [6.07, 6.45) is 2.25. The summed E-state index contributed by atoms with van der Waals surface area (Å²) < 4.78 is 2.27. The first-order valence-corrected chi connectivity index (χ1v) is 25.3. The Morgan fingerprint density at radius 3 is 1.67 bits per heavy atom. The summed E-state index contributed by atoms with van der Waals surface area (Å²) in [5.74, 6) is 0. The van der Waals surface area contributed by atoms with Gasteiger partial charge in [-0.15, -0.1) is 0 Å². The molecule has 0 unspecified atom stereocenters. The van der Waals surface area contributed by atoms with Gasteiger partial charge in [0.2, 0.25) is 5.69 Å². The van der Waals surface area contributed by atoms with Crippen molar-refractivity contribution >= 4 is 69.0 Å². The molecule has 338 valence electrons. The highest BCUT2D eigenvalue weighted by molar-refractivity contribution is 7.99. The molecule has 4 aliphatic heterocycles. The highest BCUT2D eigenvalue weighted by Gasteiger charge is 2.51. The number of anilines is 6. The number of benzene rings is 6. The fourth-order valence-electron chi connectivity index (χ4n) is 11.4. The number of pyridine rings is 1. The van der Waals surface area contributed by atoms with Gasteiger partial charge in [-0.1, -0.05) is 163 Å². The summed E-state index contributed by atoms with van der Waals surface area (Å²) >= 11 is 1.97. The summed E-state index contributed by atoms with van der Waals surface area (Å²) in [6, 6.07) is 43.6. The molecule has 4 aliphatic rings. The third-order valence-electron chi connectivity index (χ3n) is 15.6. The Morgan fingerprint density at radius 1 is 0.507 bits per heavy atom. The summed E-state index contributed by atoms with van der Waals surface area (Å²) in [5, 5.41) is 0. The lowest BCUT2D eigenvalue weighted by Gasteiger charge is -2.51. The molecule has 0 radical (unpaired) electrons. The highest BCUT2D eigenvalue weighted by atomic mass is 32.2. The van der Waals surface area contributed by atoms with Crippen LogP contribution in [0.4, 0.5) is 34.1 Å². The second-order valence-corrected chi connectivity index (χ2v) is 25.9. The van der Waals surface area contributed by atoms with E-state index in [1.54, 1.807) is 0 Å². The molecule has 7 aromatic rings. The second kappa shape index (κ2) is 14.3. The van der Waals surface area contributed by atoms with Gasteiger partial charge in [-0.05, 0) is 138 Å². The van der Waals surface area contributed by atoms with E-state index in [0.717, 1.165) is 0 Å². The van der Waals surface area contributed by atoms with E-state index in [-0.39, 0.29) is 33.8 Å². The molecule has 0 bridgehead atoms. The smallest absolute Gasteiger partial charge is 0.252 e. The Hall–Kier alpha value is -5.52. The Bertz CT molecular complexity index is 3270. The van der Waals surface area contributed by atoms with Gasteiger partial charge < -0.3 is 9.80 Å². The maximum Gasteiger partial charge on any atom is 0.252 e. The first-order valence-electron chi connectivity index (χ1n) is 24.5. The van der Waals surface area contributed by atoms with Gasteiger partial charge in [0.15, 0.2) is 6.20 Å². The van der Waals surface area contributed by atoms with Gasteiger partial charge in [0.25, 0.3) is 6.71 Å². The molecule has 5 heteroatoms. The summed E-state index contributed by atoms with van der Waals surface area (Å²) in [5.41, 5.74) is 26.2. The lowest BCUT2D eigenvalue weighted by atomic mass is 9.32. The van der Waals surface area contributed by atoms with E-state index in [0.29, 0.717) is 0 Å². The SMILES string of the molecule is Cc1ccccc1-c1cc(-c2cc3c4c(c2)N2c5ccc(C(C)(C)C)cc5C(C)(C)c5cc(C(C)(C)C)cc(c52)B4c2cc(C(C)(C)C)cc4c2N3c2ccc(C(C)(C)C)cc2S4)cc[n+]1C. The molecule has 11 rings (SSSR count). The van der Waals surface area contributed by atoms with Crippen molar-refractivity contribution in [2.75, 3.05) is 9.80 Å². The Balaban J connectivity index is 1.30. The normalized spacial score (nSPS) is 15.4. The molecule has 0 aliphatic carbocycles. The minimum Gasteiger partial charge on any atom is -0.311 e. The molecule has 0 fully saturated rings. The van der Waals surface area contributed by atoms with Gasteiger partial charge in [-0.25, -0.2) is 4.57 Å². The topological polar surface area (TPSA) is 10.4 Å². The maximum absolute atomic E-state index is 2.70. The molecule has 0 saturated heterocycles. The highest BCUT2D eigenvalue weighted by Crippen LogP contribution is 2.59. The van der Waals surface area contributed by atoms with Crippen molar-refractivity contribution in [3.05, 3.63) is 154 Å². The fourth-order valence-corrected chi connectivity index (χ4v) is 12.6. The third kappa shape index (κ3) is 6.64. The fraction of sp³-hybridized carbons (Fsp3) is 0.339. The Labute approximate surface area is 405 Å². The summed E-state index contributed by atoms with van der Waals surface area (Å²) in [4.78, 5) is 8.04. The minimum absolute atomic E-state index is 0.00679. The zero-order valence-corrected chi connectivity index (χ0v) is 43.6. The molecule has 0 saturated carbocycles. The van der Waals surface area contributed by atoms with Crippen molar-refractivity contribution in [2.24, 2.45) is 7.05 Å². The predicted octanol–water partition coefficient (Wildman–Crippen LogP) is 14.5. The number of hydrogen-bond donors (Lipinski definition) is 0. The molecule has 0 atom stereocenters. The van der Waals surface area contributed by atoms with E-state index in [1.807, 2.05) is 11.8 Å². The average Bonchev–Trinajstić information content (AvgIpc) is 3.25. The number of hydrogen-bond acceptors (Lipinski definition) is 3. The van der Waals surface area contributed by atoms with Crippen LogP contribution in [0.1, 0.15) is 136 Å². The molecule has 5 heterocycles. The van der Waals surface area contributed by atoms with Crippen LogP contribution >= 0.6 is 11.8 Å². The minimum atomic E-state index is -0.250. The summed E-state index contributed by atoms with van der Waals surface area (Å²) in [7, 11) is 2.17. The van der Waals surface area contributed by atoms with Crippen molar-refractivity contribution in [1.82, 2.24) is 0 Å². The number of aromatic nitrogens is 1. The van der Waals surface area contributed by atoms with Crippen LogP contribution in [0.2, 0.25) is 0 Å². The van der Waals surface area contributed by atoms with Gasteiger partial charge in [0.1, 0.15) is 7.05 Å². The van der Waals surface area contributed by atoms with Crippen LogP contribution in [-0.2, 0) is 34.1 Å². The van der Waals surface area contributed by atoms with Crippen LogP contribution in [0.15, 0.2) is 125 Å². The number of fused-ring (bicyclic) bond motifs is 8. The molecule has 1 aromatic heterocycles. The largest absolute Gasteiger partial charge is 0.311 e. The van der Waals surface area contributed by atoms with E-state index in [9.17, 15) is 0 Å². The number of rotatable bonds is 2. The number of nitrogens with zero attached hydrogens (tertiary/aromatic N) is 3. The van der Waals surface area contributed by atoms with Gasteiger partial charge in [-0.2, -0.15) is 0 Å². The molecule has 0 N–H and O–H groups in total. The molecular formula is C62H67BN3S+.